The summed E-state index contributed by atoms with van der Waals surface area (Å²) in [5.41, 5.74) is 1.06. The van der Waals surface area contributed by atoms with Gasteiger partial charge < -0.3 is 5.11 Å². The van der Waals surface area contributed by atoms with E-state index in [-0.39, 0.29) is 17.5 Å². The zero-order chi connectivity index (χ0) is 14.2. The molecule has 0 spiro atoms. The van der Waals surface area contributed by atoms with E-state index in [1.165, 1.54) is 0 Å². The lowest BCUT2D eigenvalue weighted by Crippen LogP contribution is -2.40. The molecule has 0 aromatic carbocycles. The molecule has 1 aliphatic heterocycles. The topological polar surface area (TPSA) is 70.5 Å². The van der Waals surface area contributed by atoms with Crippen molar-refractivity contribution in [1.82, 2.24) is 9.88 Å². The number of aliphatic hydroxyl groups excluding tert-OH is 1. The van der Waals surface area contributed by atoms with E-state index < -0.39 is 15.9 Å². The highest BCUT2D eigenvalue weighted by atomic mass is 32.2. The van der Waals surface area contributed by atoms with E-state index in [4.69, 9.17) is 0 Å². The zero-order valence-electron chi connectivity index (χ0n) is 11.4. The van der Waals surface area contributed by atoms with Crippen LogP contribution in [0.25, 0.3) is 0 Å². The van der Waals surface area contributed by atoms with Crippen LogP contribution in [0.4, 0.5) is 0 Å². The molecule has 0 radical (unpaired) electrons. The minimum absolute atomic E-state index is 0.0348. The normalized spacial score (nSPS) is 26.4. The van der Waals surface area contributed by atoms with Crippen molar-refractivity contribution in [3.63, 3.8) is 0 Å². The van der Waals surface area contributed by atoms with Crippen LogP contribution in [0, 0.1) is 0 Å². The lowest BCUT2D eigenvalue weighted by atomic mass is 10.2. The maximum absolute atomic E-state index is 11.5. The molecule has 2 heterocycles. The van der Waals surface area contributed by atoms with Gasteiger partial charge in [-0.3, -0.25) is 4.90 Å². The number of nitrogens with zero attached hydrogens (tertiary/aromatic N) is 2. The van der Waals surface area contributed by atoms with E-state index in [0.29, 0.717) is 12.5 Å². The highest BCUT2D eigenvalue weighted by molar-refractivity contribution is 7.91. The van der Waals surface area contributed by atoms with Gasteiger partial charge in [-0.25, -0.2) is 13.4 Å². The number of sulfone groups is 1. The number of aliphatic hydroxyl groups is 1. The highest BCUT2D eigenvalue weighted by Gasteiger charge is 2.38. The summed E-state index contributed by atoms with van der Waals surface area (Å²) in [7, 11) is -1.26. The monoisotopic (exact) mass is 304 g/mol. The summed E-state index contributed by atoms with van der Waals surface area (Å²) in [6.07, 6.45) is -0.792. The molecule has 1 fully saturated rings. The molecular formula is C12H20N2O3S2. The fourth-order valence-electron chi connectivity index (χ4n) is 2.23. The summed E-state index contributed by atoms with van der Waals surface area (Å²) >= 11 is 1.58. The summed E-state index contributed by atoms with van der Waals surface area (Å²) in [4.78, 5) is 6.42. The van der Waals surface area contributed by atoms with Crippen LogP contribution in [0.1, 0.15) is 30.5 Å². The molecule has 19 heavy (non-hydrogen) atoms. The summed E-state index contributed by atoms with van der Waals surface area (Å²) in [5.74, 6) is 0.303. The number of hydrogen-bond acceptors (Lipinski definition) is 6. The number of thiazole rings is 1. The van der Waals surface area contributed by atoms with E-state index in [0.717, 1.165) is 10.7 Å². The summed E-state index contributed by atoms with van der Waals surface area (Å²) < 4.78 is 23.0. The molecule has 1 saturated heterocycles. The predicted octanol–water partition coefficient (Wildman–Crippen LogP) is 0.856. The minimum atomic E-state index is -3.10. The molecule has 108 valence electrons. The van der Waals surface area contributed by atoms with Crippen molar-refractivity contribution in [2.75, 3.05) is 18.6 Å². The Morgan fingerprint density at radius 2 is 2.21 bits per heavy atom. The second-order valence-electron chi connectivity index (χ2n) is 5.45. The maximum Gasteiger partial charge on any atom is 0.154 e. The average molecular weight is 304 g/mol. The van der Waals surface area contributed by atoms with E-state index in [1.54, 1.807) is 11.3 Å². The first-order valence-corrected chi connectivity index (χ1v) is 9.01. The molecule has 2 atom stereocenters. The van der Waals surface area contributed by atoms with Gasteiger partial charge in [0.25, 0.3) is 0 Å². The molecule has 1 aliphatic rings. The molecule has 7 heteroatoms. The van der Waals surface area contributed by atoms with Crippen LogP contribution in [-0.4, -0.2) is 54.1 Å². The average Bonchev–Trinajstić information content (AvgIpc) is 2.83. The Hall–Kier alpha value is -0.500. The number of hydrogen-bond donors (Lipinski definition) is 1. The quantitative estimate of drug-likeness (QED) is 0.893. The van der Waals surface area contributed by atoms with Gasteiger partial charge in [-0.05, 0) is 13.0 Å². The molecule has 1 N–H and O–H groups in total. The third kappa shape index (κ3) is 3.53. The highest BCUT2D eigenvalue weighted by Crippen LogP contribution is 2.22. The van der Waals surface area contributed by atoms with Gasteiger partial charge in [-0.2, -0.15) is 0 Å². The van der Waals surface area contributed by atoms with Crippen LogP contribution in [0.15, 0.2) is 5.38 Å². The second-order valence-corrected chi connectivity index (χ2v) is 8.54. The smallest absolute Gasteiger partial charge is 0.154 e. The van der Waals surface area contributed by atoms with Gasteiger partial charge in [0.1, 0.15) is 5.01 Å². The van der Waals surface area contributed by atoms with Crippen molar-refractivity contribution < 1.29 is 13.5 Å². The van der Waals surface area contributed by atoms with Crippen molar-refractivity contribution in [2.45, 2.75) is 38.5 Å². The maximum atomic E-state index is 11.5. The second kappa shape index (κ2) is 5.47. The molecular weight excluding hydrogens is 284 g/mol. The van der Waals surface area contributed by atoms with Crippen LogP contribution in [0.2, 0.25) is 0 Å². The first-order chi connectivity index (χ1) is 8.78. The number of likely N-dealkylation sites (N-methyl/N-ethyl adjacent to an activating group) is 1. The summed E-state index contributed by atoms with van der Waals surface area (Å²) in [6.45, 7) is 4.76. The van der Waals surface area contributed by atoms with Crippen molar-refractivity contribution in [3.05, 3.63) is 16.1 Å². The Morgan fingerprint density at radius 1 is 1.53 bits per heavy atom. The van der Waals surface area contributed by atoms with E-state index >= 15 is 0 Å². The van der Waals surface area contributed by atoms with Crippen molar-refractivity contribution in [2.24, 2.45) is 0 Å². The van der Waals surface area contributed by atoms with Crippen molar-refractivity contribution in [3.8, 4) is 0 Å². The lowest BCUT2D eigenvalue weighted by molar-refractivity contribution is 0.0957. The molecule has 5 nitrogen and oxygen atoms in total. The van der Waals surface area contributed by atoms with Gasteiger partial charge in [0.05, 0.1) is 35.9 Å². The summed E-state index contributed by atoms with van der Waals surface area (Å²) in [5, 5.41) is 12.8. The molecule has 0 aliphatic carbocycles. The van der Waals surface area contributed by atoms with Gasteiger partial charge in [0.15, 0.2) is 9.84 Å². The first kappa shape index (κ1) is 14.9. The standard InChI is InChI=1S/C12H20N2O3S2/c1-8(2)9-5-18-12(13-9)4-14(3)10-6-19(16,17)7-11(10)15/h5,8,10-11,15H,4,6-7H2,1-3H3/t10-,11-/m1/s1. The van der Waals surface area contributed by atoms with Gasteiger partial charge in [-0.15, -0.1) is 11.3 Å². The predicted molar refractivity (Wildman–Crippen MR) is 76.1 cm³/mol. The van der Waals surface area contributed by atoms with E-state index in [2.05, 4.69) is 18.8 Å². The number of rotatable bonds is 4. The van der Waals surface area contributed by atoms with Crippen LogP contribution in [-0.2, 0) is 16.4 Å². The molecule has 0 saturated carbocycles. The third-order valence-corrected chi connectivity index (χ3v) is 5.96. The molecule has 2 rings (SSSR count). The summed E-state index contributed by atoms with van der Waals surface area (Å²) in [6, 6.07) is -0.323. The Bertz CT molecular complexity index is 539. The van der Waals surface area contributed by atoms with Crippen LogP contribution in [0.3, 0.4) is 0 Å². The lowest BCUT2D eigenvalue weighted by Gasteiger charge is -2.24. The Morgan fingerprint density at radius 3 is 2.68 bits per heavy atom. The van der Waals surface area contributed by atoms with Gasteiger partial charge in [0.2, 0.25) is 0 Å². The molecule has 0 unspecified atom stereocenters. The van der Waals surface area contributed by atoms with E-state index in [9.17, 15) is 13.5 Å². The van der Waals surface area contributed by atoms with Crippen molar-refractivity contribution >= 4 is 21.2 Å². The van der Waals surface area contributed by atoms with Gasteiger partial charge in [0, 0.05) is 5.38 Å². The fourth-order valence-corrected chi connectivity index (χ4v) is 5.12. The SMILES string of the molecule is CC(C)c1csc(CN(C)[C@@H]2CS(=O)(=O)C[C@H]2O)n1. The van der Waals surface area contributed by atoms with Crippen LogP contribution in [0.5, 0.6) is 0 Å². The zero-order valence-corrected chi connectivity index (χ0v) is 13.0. The molecule has 1 aromatic heterocycles. The van der Waals surface area contributed by atoms with Crippen LogP contribution >= 0.6 is 11.3 Å². The Kier molecular flexibility index (Phi) is 4.29. The van der Waals surface area contributed by atoms with Crippen LogP contribution < -0.4 is 0 Å². The molecule has 0 bridgehead atoms. The fraction of sp³-hybridized carbons (Fsp3) is 0.750. The van der Waals surface area contributed by atoms with Gasteiger partial charge >= 0.3 is 0 Å². The first-order valence-electron chi connectivity index (χ1n) is 6.31. The third-order valence-electron chi connectivity index (χ3n) is 3.41. The Labute approximate surface area is 118 Å². The van der Waals surface area contributed by atoms with E-state index in [1.807, 2.05) is 17.3 Å². The van der Waals surface area contributed by atoms with Crippen molar-refractivity contribution in [1.29, 1.82) is 0 Å². The largest absolute Gasteiger partial charge is 0.390 e. The minimum Gasteiger partial charge on any atom is -0.390 e. The molecule has 1 aromatic rings. The molecule has 0 amide bonds. The van der Waals surface area contributed by atoms with Gasteiger partial charge in [-0.1, -0.05) is 13.8 Å². The number of aromatic nitrogens is 1. The Balaban J connectivity index is 2.02.